The average molecular weight is 327 g/mol. The molecule has 1 N–H and O–H groups in total. The Morgan fingerprint density at radius 1 is 1.21 bits per heavy atom. The van der Waals surface area contributed by atoms with Gasteiger partial charge in [0, 0.05) is 18.6 Å². The fourth-order valence-corrected chi connectivity index (χ4v) is 2.16. The predicted octanol–water partition coefficient (Wildman–Crippen LogP) is 4.09. The quantitative estimate of drug-likeness (QED) is 0.434. The Morgan fingerprint density at radius 2 is 1.96 bits per heavy atom. The van der Waals surface area contributed by atoms with E-state index in [1.807, 2.05) is 0 Å². The Bertz CT molecular complexity index is 890. The first-order chi connectivity index (χ1) is 11.5. The van der Waals surface area contributed by atoms with Gasteiger partial charge in [-0.2, -0.15) is 0 Å². The molecule has 0 aliphatic carbocycles. The molecule has 24 heavy (non-hydrogen) atoms. The van der Waals surface area contributed by atoms with Crippen LogP contribution in [0.1, 0.15) is 33.3 Å². The van der Waals surface area contributed by atoms with Crippen LogP contribution in [0.3, 0.4) is 0 Å². The number of halogens is 1. The molecule has 0 spiro atoms. The lowest BCUT2D eigenvalue weighted by Crippen LogP contribution is -1.94. The number of aryl methyl sites for hydroxylation is 1. The van der Waals surface area contributed by atoms with Crippen molar-refractivity contribution in [2.75, 3.05) is 0 Å². The van der Waals surface area contributed by atoms with Crippen molar-refractivity contribution >= 4 is 11.5 Å². The van der Waals surface area contributed by atoms with E-state index in [9.17, 15) is 14.3 Å². The Kier molecular flexibility index (Phi) is 4.29. The first-order valence-corrected chi connectivity index (χ1v) is 7.23. The molecule has 0 fully saturated rings. The second-order valence-corrected chi connectivity index (χ2v) is 5.30. The number of allylic oxidation sites excluding steroid dienone is 1. The molecule has 0 amide bonds. The van der Waals surface area contributed by atoms with Gasteiger partial charge < -0.3 is 14.0 Å². The van der Waals surface area contributed by atoms with Gasteiger partial charge in [0.2, 0.25) is 11.5 Å². The van der Waals surface area contributed by atoms with Crippen LogP contribution in [-0.4, -0.2) is 16.0 Å². The summed E-state index contributed by atoms with van der Waals surface area (Å²) >= 11 is 0. The highest BCUT2D eigenvalue weighted by atomic mass is 19.1. The smallest absolute Gasteiger partial charge is 0.224 e. The molecule has 0 atom stereocenters. The molecule has 122 valence electrons. The lowest BCUT2D eigenvalue weighted by Gasteiger charge is -1.98. The van der Waals surface area contributed by atoms with E-state index in [-0.39, 0.29) is 23.1 Å². The van der Waals surface area contributed by atoms with Crippen LogP contribution in [0.15, 0.2) is 57.5 Å². The standard InChI is InChI=1S/C18H14FNO4/c1-11-8-18(24-20-11)16(22)10-15(21)17-7-6-14(23-17)9-12-2-4-13(19)5-3-12/h2-8,10,22H,9H2,1H3. The summed E-state index contributed by atoms with van der Waals surface area (Å²) < 4.78 is 23.2. The SMILES string of the molecule is Cc1cc(C(O)=CC(=O)c2ccc(Cc3ccc(F)cc3)o2)on1. The molecule has 2 heterocycles. The van der Waals surface area contributed by atoms with Gasteiger partial charge in [0.15, 0.2) is 11.5 Å². The summed E-state index contributed by atoms with van der Waals surface area (Å²) in [5.74, 6) is -0.358. The number of carbonyl (C=O) groups excluding carboxylic acids is 1. The molecule has 0 bridgehead atoms. The normalized spacial score (nSPS) is 11.7. The van der Waals surface area contributed by atoms with Gasteiger partial charge in [-0.3, -0.25) is 4.79 Å². The minimum atomic E-state index is -0.494. The van der Waals surface area contributed by atoms with Crippen LogP contribution in [0.2, 0.25) is 0 Å². The van der Waals surface area contributed by atoms with Crippen LogP contribution < -0.4 is 0 Å². The number of carbonyl (C=O) groups is 1. The molecule has 0 aliphatic heterocycles. The summed E-state index contributed by atoms with van der Waals surface area (Å²) in [6.07, 6.45) is 1.45. The van der Waals surface area contributed by atoms with Gasteiger partial charge in [-0.05, 0) is 36.8 Å². The zero-order chi connectivity index (χ0) is 17.1. The fourth-order valence-electron chi connectivity index (χ4n) is 2.16. The van der Waals surface area contributed by atoms with E-state index in [1.165, 1.54) is 24.3 Å². The minimum absolute atomic E-state index is 0.0925. The van der Waals surface area contributed by atoms with E-state index < -0.39 is 5.78 Å². The third kappa shape index (κ3) is 3.60. The third-order valence-electron chi connectivity index (χ3n) is 3.34. The maximum atomic E-state index is 12.9. The molecule has 3 aromatic rings. The molecule has 0 unspecified atom stereocenters. The number of nitrogens with zero attached hydrogens (tertiary/aromatic N) is 1. The molecular weight excluding hydrogens is 313 g/mol. The van der Waals surface area contributed by atoms with Gasteiger partial charge in [-0.15, -0.1) is 0 Å². The van der Waals surface area contributed by atoms with E-state index in [0.29, 0.717) is 17.9 Å². The van der Waals surface area contributed by atoms with Crippen LogP contribution in [0.5, 0.6) is 0 Å². The summed E-state index contributed by atoms with van der Waals surface area (Å²) in [6, 6.07) is 10.7. The molecule has 0 aliphatic rings. The highest BCUT2D eigenvalue weighted by Gasteiger charge is 2.13. The lowest BCUT2D eigenvalue weighted by molar-refractivity contribution is 0.101. The zero-order valence-corrected chi connectivity index (χ0v) is 12.8. The van der Waals surface area contributed by atoms with Gasteiger partial charge in [0.25, 0.3) is 0 Å². The van der Waals surface area contributed by atoms with Crippen molar-refractivity contribution in [3.05, 3.63) is 82.9 Å². The first-order valence-electron chi connectivity index (χ1n) is 7.23. The van der Waals surface area contributed by atoms with E-state index in [2.05, 4.69) is 5.16 Å². The van der Waals surface area contributed by atoms with E-state index in [0.717, 1.165) is 11.6 Å². The molecule has 0 saturated heterocycles. The Balaban J connectivity index is 1.72. The van der Waals surface area contributed by atoms with Crippen molar-refractivity contribution in [2.24, 2.45) is 0 Å². The number of rotatable bonds is 5. The maximum Gasteiger partial charge on any atom is 0.224 e. The number of ketones is 1. The molecule has 0 saturated carbocycles. The van der Waals surface area contributed by atoms with E-state index >= 15 is 0 Å². The molecule has 3 rings (SSSR count). The minimum Gasteiger partial charge on any atom is -0.504 e. The highest BCUT2D eigenvalue weighted by molar-refractivity contribution is 6.05. The summed E-state index contributed by atoms with van der Waals surface area (Å²) in [6.45, 7) is 1.70. The Hall–Kier alpha value is -3.15. The van der Waals surface area contributed by atoms with Crippen molar-refractivity contribution in [1.29, 1.82) is 0 Å². The number of benzene rings is 1. The summed E-state index contributed by atoms with van der Waals surface area (Å²) in [4.78, 5) is 12.1. The summed E-state index contributed by atoms with van der Waals surface area (Å²) in [5.41, 5.74) is 1.46. The van der Waals surface area contributed by atoms with Gasteiger partial charge in [0.1, 0.15) is 11.6 Å². The number of hydrogen-bond donors (Lipinski definition) is 1. The first kappa shape index (κ1) is 15.7. The maximum absolute atomic E-state index is 12.9. The molecule has 0 radical (unpaired) electrons. The molecule has 6 heteroatoms. The van der Waals surface area contributed by atoms with Crippen molar-refractivity contribution in [3.8, 4) is 0 Å². The summed E-state index contributed by atoms with van der Waals surface area (Å²) in [7, 11) is 0. The topological polar surface area (TPSA) is 76.5 Å². The number of aromatic nitrogens is 1. The lowest BCUT2D eigenvalue weighted by atomic mass is 10.1. The number of hydrogen-bond acceptors (Lipinski definition) is 5. The van der Waals surface area contributed by atoms with Crippen molar-refractivity contribution in [2.45, 2.75) is 13.3 Å². The highest BCUT2D eigenvalue weighted by Crippen LogP contribution is 2.17. The van der Waals surface area contributed by atoms with Crippen LogP contribution in [-0.2, 0) is 6.42 Å². The molecule has 5 nitrogen and oxygen atoms in total. The van der Waals surface area contributed by atoms with Gasteiger partial charge in [0.05, 0.1) is 5.69 Å². The second kappa shape index (κ2) is 6.54. The van der Waals surface area contributed by atoms with E-state index in [1.54, 1.807) is 25.1 Å². The van der Waals surface area contributed by atoms with Crippen molar-refractivity contribution < 1.29 is 23.2 Å². The monoisotopic (exact) mass is 327 g/mol. The zero-order valence-electron chi connectivity index (χ0n) is 12.8. The number of aliphatic hydroxyl groups is 1. The molecule has 2 aromatic heterocycles. The predicted molar refractivity (Wildman–Crippen MR) is 84.1 cm³/mol. The van der Waals surface area contributed by atoms with Gasteiger partial charge in [-0.25, -0.2) is 4.39 Å². The van der Waals surface area contributed by atoms with Crippen LogP contribution in [0, 0.1) is 12.7 Å². The van der Waals surface area contributed by atoms with E-state index in [4.69, 9.17) is 8.94 Å². The molecular formula is C18H14FNO4. The number of aliphatic hydroxyl groups excluding tert-OH is 1. The molecule has 1 aromatic carbocycles. The van der Waals surface area contributed by atoms with Crippen LogP contribution in [0.25, 0.3) is 5.76 Å². The van der Waals surface area contributed by atoms with Gasteiger partial charge >= 0.3 is 0 Å². The van der Waals surface area contributed by atoms with Crippen molar-refractivity contribution in [3.63, 3.8) is 0 Å². The van der Waals surface area contributed by atoms with Gasteiger partial charge in [-0.1, -0.05) is 17.3 Å². The summed E-state index contributed by atoms with van der Waals surface area (Å²) in [5, 5.41) is 13.5. The third-order valence-corrected chi connectivity index (χ3v) is 3.34. The number of furan rings is 1. The average Bonchev–Trinajstić information content (AvgIpc) is 3.19. The second-order valence-electron chi connectivity index (χ2n) is 5.30. The Morgan fingerprint density at radius 3 is 2.62 bits per heavy atom. The Labute approximate surface area is 137 Å². The largest absolute Gasteiger partial charge is 0.504 e. The fraction of sp³-hybridized carbons (Fsp3) is 0.111. The van der Waals surface area contributed by atoms with Crippen molar-refractivity contribution in [1.82, 2.24) is 5.16 Å². The van der Waals surface area contributed by atoms with Crippen LogP contribution >= 0.6 is 0 Å². The van der Waals surface area contributed by atoms with Crippen LogP contribution in [0.4, 0.5) is 4.39 Å².